The highest BCUT2D eigenvalue weighted by Crippen LogP contribution is 2.38. The Labute approximate surface area is 141 Å². The molecular weight excluding hydrogens is 286 g/mol. The molecule has 132 valence electrons. The minimum atomic E-state index is 0.546. The van der Waals surface area contributed by atoms with Gasteiger partial charge in [-0.25, -0.2) is 0 Å². The first-order valence-corrected chi connectivity index (χ1v) is 10.4. The fraction of sp³-hybridized carbons (Fsp3) is 1.00. The van der Waals surface area contributed by atoms with Gasteiger partial charge in [0, 0.05) is 18.7 Å². The van der Waals surface area contributed by atoms with Crippen LogP contribution in [0.15, 0.2) is 0 Å². The van der Waals surface area contributed by atoms with Crippen LogP contribution >= 0.6 is 0 Å². The molecule has 3 saturated carbocycles. The van der Waals surface area contributed by atoms with Crippen molar-refractivity contribution in [2.75, 3.05) is 6.61 Å². The predicted molar refractivity (Wildman–Crippen MR) is 92.6 cm³/mol. The standard InChI is InChI=1S/C20H35NO2/c1-2-4-18(5-3-1)23-19-10-8-16(9-11-19)21-17-12-13-22-20(14-17)15-6-7-15/h15-21H,1-14H2. The molecule has 0 spiro atoms. The van der Waals surface area contributed by atoms with Crippen molar-refractivity contribution in [2.45, 2.75) is 114 Å². The maximum Gasteiger partial charge on any atom is 0.0618 e. The van der Waals surface area contributed by atoms with Crippen molar-refractivity contribution in [3.8, 4) is 0 Å². The molecule has 0 aromatic rings. The molecule has 3 heteroatoms. The SMILES string of the molecule is C1CCC(OC2CCC(NC3CCOC(C4CC4)C3)CC2)CC1. The molecule has 1 aliphatic heterocycles. The van der Waals surface area contributed by atoms with E-state index in [1.807, 2.05) is 0 Å². The zero-order valence-corrected chi connectivity index (χ0v) is 14.7. The monoisotopic (exact) mass is 321 g/mol. The number of rotatable bonds is 5. The second kappa shape index (κ2) is 7.84. The van der Waals surface area contributed by atoms with Crippen LogP contribution in [0.5, 0.6) is 0 Å². The highest BCUT2D eigenvalue weighted by Gasteiger charge is 2.36. The molecule has 0 radical (unpaired) electrons. The van der Waals surface area contributed by atoms with Crippen molar-refractivity contribution in [3.05, 3.63) is 0 Å². The van der Waals surface area contributed by atoms with Crippen LogP contribution in [-0.4, -0.2) is 37.0 Å². The fourth-order valence-electron chi connectivity index (χ4n) is 4.95. The van der Waals surface area contributed by atoms with Crippen LogP contribution < -0.4 is 5.32 Å². The van der Waals surface area contributed by atoms with E-state index >= 15 is 0 Å². The first-order chi connectivity index (χ1) is 11.4. The van der Waals surface area contributed by atoms with Crippen molar-refractivity contribution >= 4 is 0 Å². The number of hydrogen-bond donors (Lipinski definition) is 1. The molecular formula is C20H35NO2. The van der Waals surface area contributed by atoms with E-state index < -0.39 is 0 Å². The molecule has 1 heterocycles. The molecule has 3 nitrogen and oxygen atoms in total. The van der Waals surface area contributed by atoms with Gasteiger partial charge in [0.1, 0.15) is 0 Å². The largest absolute Gasteiger partial charge is 0.378 e. The van der Waals surface area contributed by atoms with Gasteiger partial charge < -0.3 is 14.8 Å². The van der Waals surface area contributed by atoms with E-state index in [1.165, 1.54) is 83.5 Å². The third-order valence-corrected chi connectivity index (χ3v) is 6.55. The van der Waals surface area contributed by atoms with Gasteiger partial charge in [0.05, 0.1) is 18.3 Å². The zero-order chi connectivity index (χ0) is 15.5. The average molecular weight is 322 g/mol. The lowest BCUT2D eigenvalue weighted by Gasteiger charge is -2.37. The predicted octanol–water partition coefficient (Wildman–Crippen LogP) is 4.19. The molecule has 0 bridgehead atoms. The molecule has 4 rings (SSSR count). The van der Waals surface area contributed by atoms with Crippen molar-refractivity contribution in [3.63, 3.8) is 0 Å². The van der Waals surface area contributed by atoms with Crippen LogP contribution in [-0.2, 0) is 9.47 Å². The van der Waals surface area contributed by atoms with Gasteiger partial charge >= 0.3 is 0 Å². The van der Waals surface area contributed by atoms with Gasteiger partial charge in [-0.3, -0.25) is 0 Å². The van der Waals surface area contributed by atoms with Gasteiger partial charge in [-0.1, -0.05) is 19.3 Å². The van der Waals surface area contributed by atoms with Crippen LogP contribution in [0.3, 0.4) is 0 Å². The van der Waals surface area contributed by atoms with Crippen molar-refractivity contribution in [2.24, 2.45) is 5.92 Å². The number of ether oxygens (including phenoxy) is 2. The van der Waals surface area contributed by atoms with E-state index in [9.17, 15) is 0 Å². The van der Waals surface area contributed by atoms with Crippen molar-refractivity contribution in [1.82, 2.24) is 5.32 Å². The van der Waals surface area contributed by atoms with Gasteiger partial charge in [-0.2, -0.15) is 0 Å². The molecule has 23 heavy (non-hydrogen) atoms. The minimum absolute atomic E-state index is 0.546. The van der Waals surface area contributed by atoms with E-state index in [2.05, 4.69) is 5.32 Å². The summed E-state index contributed by atoms with van der Waals surface area (Å²) in [6.07, 6.45) is 18.9. The van der Waals surface area contributed by atoms with Crippen LogP contribution in [0.4, 0.5) is 0 Å². The Morgan fingerprint density at radius 1 is 0.696 bits per heavy atom. The second-order valence-electron chi connectivity index (χ2n) is 8.50. The summed E-state index contributed by atoms with van der Waals surface area (Å²) in [6.45, 7) is 0.971. The summed E-state index contributed by atoms with van der Waals surface area (Å²) >= 11 is 0. The summed E-state index contributed by atoms with van der Waals surface area (Å²) in [7, 11) is 0. The highest BCUT2D eigenvalue weighted by atomic mass is 16.5. The van der Waals surface area contributed by atoms with Crippen molar-refractivity contribution < 1.29 is 9.47 Å². The smallest absolute Gasteiger partial charge is 0.0618 e. The molecule has 0 amide bonds. The lowest BCUT2D eigenvalue weighted by atomic mass is 9.90. The van der Waals surface area contributed by atoms with Crippen LogP contribution in [0, 0.1) is 5.92 Å². The van der Waals surface area contributed by atoms with E-state index in [1.54, 1.807) is 0 Å². The van der Waals surface area contributed by atoms with Gasteiger partial charge in [0.15, 0.2) is 0 Å². The zero-order valence-electron chi connectivity index (χ0n) is 14.7. The van der Waals surface area contributed by atoms with Crippen LogP contribution in [0.2, 0.25) is 0 Å². The molecule has 0 aromatic heterocycles. The Bertz CT molecular complexity index is 357. The second-order valence-corrected chi connectivity index (χ2v) is 8.50. The summed E-state index contributed by atoms with van der Waals surface area (Å²) in [6, 6.07) is 1.43. The van der Waals surface area contributed by atoms with E-state index in [-0.39, 0.29) is 0 Å². The van der Waals surface area contributed by atoms with E-state index in [0.717, 1.165) is 18.6 Å². The summed E-state index contributed by atoms with van der Waals surface area (Å²) in [5.74, 6) is 0.888. The Kier molecular flexibility index (Phi) is 5.58. The summed E-state index contributed by atoms with van der Waals surface area (Å²) in [4.78, 5) is 0. The summed E-state index contributed by atoms with van der Waals surface area (Å²) < 4.78 is 12.3. The molecule has 1 saturated heterocycles. The van der Waals surface area contributed by atoms with Gasteiger partial charge in [-0.15, -0.1) is 0 Å². The van der Waals surface area contributed by atoms with Gasteiger partial charge in [0.25, 0.3) is 0 Å². The van der Waals surface area contributed by atoms with Gasteiger partial charge in [-0.05, 0) is 70.1 Å². The third kappa shape index (κ3) is 4.70. The van der Waals surface area contributed by atoms with Gasteiger partial charge in [0.2, 0.25) is 0 Å². The lowest BCUT2D eigenvalue weighted by Crippen LogP contribution is -2.46. The first-order valence-electron chi connectivity index (χ1n) is 10.4. The van der Waals surface area contributed by atoms with Crippen molar-refractivity contribution in [1.29, 1.82) is 0 Å². The normalized spacial score (nSPS) is 40.2. The molecule has 1 N–H and O–H groups in total. The summed E-state index contributed by atoms with van der Waals surface area (Å²) in [5.41, 5.74) is 0. The molecule has 2 unspecified atom stereocenters. The summed E-state index contributed by atoms with van der Waals surface area (Å²) in [5, 5.41) is 3.96. The fourth-order valence-corrected chi connectivity index (χ4v) is 4.95. The quantitative estimate of drug-likeness (QED) is 0.823. The lowest BCUT2D eigenvalue weighted by molar-refractivity contribution is -0.0509. The average Bonchev–Trinajstić information content (AvgIpc) is 3.43. The Hall–Kier alpha value is -0.120. The number of nitrogens with one attached hydrogen (secondary N) is 1. The molecule has 3 aliphatic carbocycles. The minimum Gasteiger partial charge on any atom is -0.378 e. The van der Waals surface area contributed by atoms with E-state index in [0.29, 0.717) is 24.4 Å². The highest BCUT2D eigenvalue weighted by molar-refractivity contribution is 4.90. The molecule has 4 aliphatic rings. The maximum absolute atomic E-state index is 6.38. The Balaban J connectivity index is 1.16. The number of hydrogen-bond acceptors (Lipinski definition) is 3. The van der Waals surface area contributed by atoms with E-state index in [4.69, 9.17) is 9.47 Å². The maximum atomic E-state index is 6.38. The molecule has 2 atom stereocenters. The Morgan fingerprint density at radius 2 is 1.43 bits per heavy atom. The topological polar surface area (TPSA) is 30.5 Å². The molecule has 0 aromatic carbocycles. The molecule has 4 fully saturated rings. The van der Waals surface area contributed by atoms with Crippen LogP contribution in [0.25, 0.3) is 0 Å². The third-order valence-electron chi connectivity index (χ3n) is 6.55. The van der Waals surface area contributed by atoms with Crippen LogP contribution in [0.1, 0.15) is 83.5 Å². The first kappa shape index (κ1) is 16.4. The Morgan fingerprint density at radius 3 is 2.17 bits per heavy atom.